The quantitative estimate of drug-likeness (QED) is 0.663. The van der Waals surface area contributed by atoms with Crippen molar-refractivity contribution in [1.29, 1.82) is 5.41 Å². The first-order valence-electron chi connectivity index (χ1n) is 6.46. The molecule has 3 nitrogen and oxygen atoms in total. The van der Waals surface area contributed by atoms with Crippen molar-refractivity contribution in [2.75, 3.05) is 11.9 Å². The van der Waals surface area contributed by atoms with Gasteiger partial charge in [0, 0.05) is 23.1 Å². The van der Waals surface area contributed by atoms with E-state index < -0.39 is 0 Å². The molecule has 1 aliphatic rings. The fraction of sp³-hybridized carbons (Fsp3) is 0.500. The van der Waals surface area contributed by atoms with Crippen LogP contribution in [0.4, 0.5) is 5.69 Å². The van der Waals surface area contributed by atoms with E-state index in [4.69, 9.17) is 11.1 Å². The van der Waals surface area contributed by atoms with Crippen molar-refractivity contribution in [2.24, 2.45) is 5.73 Å². The molecule has 0 saturated heterocycles. The zero-order valence-electron chi connectivity index (χ0n) is 10.7. The highest BCUT2D eigenvalue weighted by atomic mass is 79.9. The second kappa shape index (κ2) is 5.74. The van der Waals surface area contributed by atoms with Crippen LogP contribution in [-0.4, -0.2) is 18.9 Å². The number of rotatable bonds is 3. The van der Waals surface area contributed by atoms with E-state index >= 15 is 0 Å². The number of benzene rings is 1. The summed E-state index contributed by atoms with van der Waals surface area (Å²) in [4.78, 5) is 2.35. The molecule has 1 aromatic rings. The minimum absolute atomic E-state index is 0.113. The maximum absolute atomic E-state index is 7.45. The second-order valence-corrected chi connectivity index (χ2v) is 5.84. The highest BCUT2D eigenvalue weighted by Crippen LogP contribution is 2.31. The van der Waals surface area contributed by atoms with E-state index in [1.165, 1.54) is 37.8 Å². The summed E-state index contributed by atoms with van der Waals surface area (Å²) in [7, 11) is 2.16. The summed E-state index contributed by atoms with van der Waals surface area (Å²) < 4.78 is 1.02. The molecule has 2 rings (SSSR count). The van der Waals surface area contributed by atoms with E-state index in [0.29, 0.717) is 6.04 Å². The van der Waals surface area contributed by atoms with Gasteiger partial charge in [0.25, 0.3) is 0 Å². The highest BCUT2D eigenvalue weighted by molar-refractivity contribution is 9.10. The molecule has 98 valence electrons. The van der Waals surface area contributed by atoms with E-state index in [1.807, 2.05) is 12.1 Å². The molecular formula is C14H20BrN3. The number of anilines is 1. The minimum atomic E-state index is 0.113. The molecule has 0 spiro atoms. The average Bonchev–Trinajstić information content (AvgIpc) is 2.38. The molecule has 18 heavy (non-hydrogen) atoms. The van der Waals surface area contributed by atoms with Gasteiger partial charge in [0.2, 0.25) is 0 Å². The first-order valence-corrected chi connectivity index (χ1v) is 7.25. The van der Waals surface area contributed by atoms with Gasteiger partial charge in [-0.1, -0.05) is 19.3 Å². The molecule has 0 amide bonds. The lowest BCUT2D eigenvalue weighted by Gasteiger charge is -2.33. The smallest absolute Gasteiger partial charge is 0.122 e. The number of amidine groups is 1. The predicted octanol–water partition coefficient (Wildman–Crippen LogP) is 3.50. The molecule has 4 heteroatoms. The Hall–Kier alpha value is -1.03. The normalized spacial score (nSPS) is 16.6. The summed E-state index contributed by atoms with van der Waals surface area (Å²) in [5, 5.41) is 7.45. The molecule has 0 heterocycles. The van der Waals surface area contributed by atoms with Gasteiger partial charge in [-0.05, 0) is 47.0 Å². The van der Waals surface area contributed by atoms with Crippen LogP contribution in [-0.2, 0) is 0 Å². The zero-order valence-corrected chi connectivity index (χ0v) is 12.3. The van der Waals surface area contributed by atoms with E-state index in [0.717, 1.165) is 10.0 Å². The van der Waals surface area contributed by atoms with Gasteiger partial charge in [0.15, 0.2) is 0 Å². The molecule has 1 saturated carbocycles. The van der Waals surface area contributed by atoms with Gasteiger partial charge >= 0.3 is 0 Å². The van der Waals surface area contributed by atoms with Gasteiger partial charge < -0.3 is 10.6 Å². The third-order valence-electron chi connectivity index (χ3n) is 3.76. The average molecular weight is 310 g/mol. The maximum Gasteiger partial charge on any atom is 0.122 e. The number of nitrogens with one attached hydrogen (secondary N) is 1. The van der Waals surface area contributed by atoms with E-state index in [1.54, 1.807) is 0 Å². The van der Waals surface area contributed by atoms with Gasteiger partial charge in [0.1, 0.15) is 5.84 Å². The first kappa shape index (κ1) is 13.4. The molecule has 0 radical (unpaired) electrons. The molecular weight excluding hydrogens is 290 g/mol. The van der Waals surface area contributed by atoms with E-state index in [2.05, 4.69) is 33.9 Å². The number of nitrogen functional groups attached to an aromatic ring is 1. The van der Waals surface area contributed by atoms with Crippen LogP contribution >= 0.6 is 15.9 Å². The Labute approximate surface area is 117 Å². The molecule has 1 aliphatic carbocycles. The van der Waals surface area contributed by atoms with Crippen molar-refractivity contribution in [3.8, 4) is 0 Å². The first-order chi connectivity index (χ1) is 8.59. The van der Waals surface area contributed by atoms with Crippen LogP contribution in [0.3, 0.4) is 0 Å². The summed E-state index contributed by atoms with van der Waals surface area (Å²) >= 11 is 3.59. The Morgan fingerprint density at radius 3 is 2.56 bits per heavy atom. The van der Waals surface area contributed by atoms with Crippen LogP contribution in [0.2, 0.25) is 0 Å². The number of hydrogen-bond acceptors (Lipinski definition) is 2. The molecule has 3 N–H and O–H groups in total. The van der Waals surface area contributed by atoms with E-state index in [-0.39, 0.29) is 5.84 Å². The zero-order chi connectivity index (χ0) is 13.1. The van der Waals surface area contributed by atoms with Crippen molar-refractivity contribution in [3.63, 3.8) is 0 Å². The fourth-order valence-electron chi connectivity index (χ4n) is 2.63. The fourth-order valence-corrected chi connectivity index (χ4v) is 3.28. The summed E-state index contributed by atoms with van der Waals surface area (Å²) in [6.07, 6.45) is 6.58. The van der Waals surface area contributed by atoms with Crippen molar-refractivity contribution in [3.05, 3.63) is 28.2 Å². The SMILES string of the molecule is CN(c1ccc(C(=N)N)cc1Br)C1CCCCC1. The van der Waals surface area contributed by atoms with Crippen LogP contribution < -0.4 is 10.6 Å². The van der Waals surface area contributed by atoms with Crippen molar-refractivity contribution in [2.45, 2.75) is 38.1 Å². The van der Waals surface area contributed by atoms with Gasteiger partial charge in [0.05, 0.1) is 5.69 Å². The molecule has 0 aliphatic heterocycles. The lowest BCUT2D eigenvalue weighted by molar-refractivity contribution is 0.427. The van der Waals surface area contributed by atoms with Crippen molar-refractivity contribution < 1.29 is 0 Å². The number of nitrogens with two attached hydrogens (primary N) is 1. The van der Waals surface area contributed by atoms with Gasteiger partial charge in [-0.15, -0.1) is 0 Å². The van der Waals surface area contributed by atoms with Crippen LogP contribution in [0, 0.1) is 5.41 Å². The highest BCUT2D eigenvalue weighted by Gasteiger charge is 2.19. The number of nitrogens with zero attached hydrogens (tertiary/aromatic N) is 1. The molecule has 1 fully saturated rings. The van der Waals surface area contributed by atoms with Gasteiger partial charge in [-0.25, -0.2) is 0 Å². The monoisotopic (exact) mass is 309 g/mol. The maximum atomic E-state index is 7.45. The van der Waals surface area contributed by atoms with Crippen LogP contribution in [0.15, 0.2) is 22.7 Å². The third-order valence-corrected chi connectivity index (χ3v) is 4.40. The predicted molar refractivity (Wildman–Crippen MR) is 80.4 cm³/mol. The largest absolute Gasteiger partial charge is 0.384 e. The van der Waals surface area contributed by atoms with Crippen LogP contribution in [0.5, 0.6) is 0 Å². The number of hydrogen-bond donors (Lipinski definition) is 2. The number of halogens is 1. The van der Waals surface area contributed by atoms with E-state index in [9.17, 15) is 0 Å². The van der Waals surface area contributed by atoms with Crippen molar-refractivity contribution >= 4 is 27.5 Å². The molecule has 1 aromatic carbocycles. The lowest BCUT2D eigenvalue weighted by Crippen LogP contribution is -2.33. The van der Waals surface area contributed by atoms with Gasteiger partial charge in [-0.2, -0.15) is 0 Å². The summed E-state index contributed by atoms with van der Waals surface area (Å²) in [6.45, 7) is 0. The Balaban J connectivity index is 2.19. The summed E-state index contributed by atoms with van der Waals surface area (Å²) in [5.74, 6) is 0.113. The summed E-state index contributed by atoms with van der Waals surface area (Å²) in [6, 6.07) is 6.53. The minimum Gasteiger partial charge on any atom is -0.384 e. The van der Waals surface area contributed by atoms with Gasteiger partial charge in [-0.3, -0.25) is 5.41 Å². The second-order valence-electron chi connectivity index (χ2n) is 4.98. The lowest BCUT2D eigenvalue weighted by atomic mass is 9.94. The Bertz CT molecular complexity index is 439. The molecule has 0 aromatic heterocycles. The standard InChI is InChI=1S/C14H20BrN3/c1-18(11-5-3-2-4-6-11)13-8-7-10(14(16)17)9-12(13)15/h7-9,11H,2-6H2,1H3,(H3,16,17). The molecule has 0 unspecified atom stereocenters. The molecule has 0 bridgehead atoms. The Morgan fingerprint density at radius 2 is 2.00 bits per heavy atom. The van der Waals surface area contributed by atoms with Crippen molar-refractivity contribution in [1.82, 2.24) is 0 Å². The van der Waals surface area contributed by atoms with Crippen LogP contribution in [0.1, 0.15) is 37.7 Å². The third kappa shape index (κ3) is 2.86. The Morgan fingerprint density at radius 1 is 1.33 bits per heavy atom. The Kier molecular flexibility index (Phi) is 4.27. The van der Waals surface area contributed by atoms with Crippen LogP contribution in [0.25, 0.3) is 0 Å². The topological polar surface area (TPSA) is 53.1 Å². The molecule has 0 atom stereocenters. The summed E-state index contributed by atoms with van der Waals surface area (Å²) in [5.41, 5.74) is 7.45.